The van der Waals surface area contributed by atoms with E-state index in [0.717, 1.165) is 5.56 Å². The highest BCUT2D eigenvalue weighted by Crippen LogP contribution is 2.49. The van der Waals surface area contributed by atoms with Gasteiger partial charge in [-0.15, -0.1) is 0 Å². The number of esters is 1. The lowest BCUT2D eigenvalue weighted by Crippen LogP contribution is -2.49. The van der Waals surface area contributed by atoms with E-state index in [4.69, 9.17) is 4.74 Å². The van der Waals surface area contributed by atoms with E-state index < -0.39 is 17.0 Å². The first-order chi connectivity index (χ1) is 10.9. The fourth-order valence-electron chi connectivity index (χ4n) is 3.21. The van der Waals surface area contributed by atoms with Crippen LogP contribution in [0.3, 0.4) is 0 Å². The number of hydrogen-bond donors (Lipinski definition) is 1. The van der Waals surface area contributed by atoms with Gasteiger partial charge in [-0.3, -0.25) is 14.6 Å². The molecule has 1 saturated heterocycles. The third-order valence-corrected chi connectivity index (χ3v) is 5.00. The molecular formula is C17H22N2O4. The summed E-state index contributed by atoms with van der Waals surface area (Å²) in [6.45, 7) is 2.79. The summed E-state index contributed by atoms with van der Waals surface area (Å²) in [5.74, 6) is -0.605. The molecule has 1 N–H and O–H groups in total. The molecular weight excluding hydrogens is 296 g/mol. The fourth-order valence-corrected chi connectivity index (χ4v) is 3.21. The van der Waals surface area contributed by atoms with Crippen molar-refractivity contribution < 1.29 is 19.4 Å². The number of ether oxygens (including phenoxy) is 1. The maximum absolute atomic E-state index is 12.6. The quantitative estimate of drug-likeness (QED) is 0.668. The number of nitrogens with zero attached hydrogens (tertiary/aromatic N) is 2. The predicted octanol–water partition coefficient (Wildman–Crippen LogP) is 1.15. The second kappa shape index (κ2) is 5.60. The van der Waals surface area contributed by atoms with Gasteiger partial charge in [0.2, 0.25) is 5.91 Å². The average molecular weight is 318 g/mol. The van der Waals surface area contributed by atoms with E-state index in [1.54, 1.807) is 11.1 Å². The van der Waals surface area contributed by atoms with Crippen LogP contribution in [0.5, 0.6) is 0 Å². The number of hydrogen-bond acceptors (Lipinski definition) is 5. The highest BCUT2D eigenvalue weighted by atomic mass is 16.5. The maximum atomic E-state index is 12.6. The first kappa shape index (κ1) is 15.9. The molecule has 0 radical (unpaired) electrons. The lowest BCUT2D eigenvalue weighted by atomic mass is 9.87. The Balaban J connectivity index is 1.68. The van der Waals surface area contributed by atoms with Crippen molar-refractivity contribution >= 4 is 11.9 Å². The van der Waals surface area contributed by atoms with E-state index >= 15 is 0 Å². The highest BCUT2D eigenvalue weighted by molar-refractivity contribution is 6.05. The van der Waals surface area contributed by atoms with Crippen LogP contribution in [0.4, 0.5) is 0 Å². The number of aliphatic hydroxyl groups is 1. The number of pyridine rings is 1. The number of aryl methyl sites for hydroxylation is 1. The minimum atomic E-state index is -1.01. The lowest BCUT2D eigenvalue weighted by molar-refractivity contribution is -0.157. The van der Waals surface area contributed by atoms with Crippen LogP contribution >= 0.6 is 0 Å². The molecule has 6 heteroatoms. The number of likely N-dealkylation sites (tertiary alicyclic amines) is 1. The highest BCUT2D eigenvalue weighted by Gasteiger charge is 2.59. The zero-order valence-electron chi connectivity index (χ0n) is 13.5. The van der Waals surface area contributed by atoms with Crippen LogP contribution in [-0.2, 0) is 19.9 Å². The van der Waals surface area contributed by atoms with Gasteiger partial charge in [-0.05, 0) is 44.2 Å². The van der Waals surface area contributed by atoms with Crippen LogP contribution in [0.15, 0.2) is 18.3 Å². The summed E-state index contributed by atoms with van der Waals surface area (Å²) in [5, 5.41) is 10.8. The first-order valence-corrected chi connectivity index (χ1v) is 7.95. The Kier molecular flexibility index (Phi) is 3.88. The van der Waals surface area contributed by atoms with E-state index in [0.29, 0.717) is 44.5 Å². The summed E-state index contributed by atoms with van der Waals surface area (Å²) in [4.78, 5) is 30.4. The van der Waals surface area contributed by atoms with Crippen LogP contribution in [0, 0.1) is 12.3 Å². The molecule has 2 fully saturated rings. The van der Waals surface area contributed by atoms with Gasteiger partial charge in [0.25, 0.3) is 0 Å². The Bertz CT molecular complexity index is 614. The molecule has 3 rings (SSSR count). The topological polar surface area (TPSA) is 79.7 Å². The van der Waals surface area contributed by atoms with Gasteiger partial charge < -0.3 is 14.7 Å². The van der Waals surface area contributed by atoms with Crippen molar-refractivity contribution in [1.82, 2.24) is 9.88 Å². The second-order valence-electron chi connectivity index (χ2n) is 6.62. The zero-order valence-corrected chi connectivity index (χ0v) is 13.5. The van der Waals surface area contributed by atoms with Crippen molar-refractivity contribution in [3.05, 3.63) is 29.6 Å². The van der Waals surface area contributed by atoms with Gasteiger partial charge in [-0.25, -0.2) is 0 Å². The number of amides is 1. The van der Waals surface area contributed by atoms with E-state index in [1.807, 2.05) is 19.1 Å². The molecule has 124 valence electrons. The summed E-state index contributed by atoms with van der Waals surface area (Å²) in [6.07, 6.45) is 3.69. The van der Waals surface area contributed by atoms with Crippen LogP contribution in [-0.4, -0.2) is 47.1 Å². The Morgan fingerprint density at radius 2 is 1.87 bits per heavy atom. The standard InChI is InChI=1S/C17H22N2O4/c1-12-3-4-13(18-11-12)17(22)7-9-19(10-8-17)14(20)16(5-6-16)15(21)23-2/h3-4,11,22H,5-10H2,1-2H3. The van der Waals surface area contributed by atoms with E-state index in [9.17, 15) is 14.7 Å². The van der Waals surface area contributed by atoms with Gasteiger partial charge in [0.05, 0.1) is 12.8 Å². The minimum Gasteiger partial charge on any atom is -0.468 e. The first-order valence-electron chi connectivity index (χ1n) is 7.95. The van der Waals surface area contributed by atoms with Gasteiger partial charge in [0.15, 0.2) is 0 Å². The van der Waals surface area contributed by atoms with Crippen molar-refractivity contribution in [2.45, 2.75) is 38.2 Å². The van der Waals surface area contributed by atoms with Crippen molar-refractivity contribution in [3.8, 4) is 0 Å². The molecule has 0 aromatic carbocycles. The number of piperidine rings is 1. The molecule has 1 aliphatic heterocycles. The normalized spacial score (nSPS) is 21.6. The molecule has 0 spiro atoms. The Hall–Kier alpha value is -1.95. The van der Waals surface area contributed by atoms with Gasteiger partial charge in [0.1, 0.15) is 11.0 Å². The van der Waals surface area contributed by atoms with Crippen molar-refractivity contribution in [3.63, 3.8) is 0 Å². The molecule has 0 atom stereocenters. The third kappa shape index (κ3) is 2.72. The van der Waals surface area contributed by atoms with Gasteiger partial charge in [0, 0.05) is 19.3 Å². The molecule has 2 heterocycles. The summed E-state index contributed by atoms with van der Waals surface area (Å²) in [5.41, 5.74) is -0.290. The molecule has 1 aromatic rings. The molecule has 1 amide bonds. The van der Waals surface area contributed by atoms with E-state index in [1.165, 1.54) is 7.11 Å². The molecule has 23 heavy (non-hydrogen) atoms. The molecule has 0 bridgehead atoms. The molecule has 1 aromatic heterocycles. The Morgan fingerprint density at radius 3 is 2.35 bits per heavy atom. The number of carbonyl (C=O) groups is 2. The molecule has 6 nitrogen and oxygen atoms in total. The van der Waals surface area contributed by atoms with Gasteiger partial charge >= 0.3 is 5.97 Å². The van der Waals surface area contributed by atoms with Crippen LogP contribution < -0.4 is 0 Å². The lowest BCUT2D eigenvalue weighted by Gasteiger charge is -2.38. The maximum Gasteiger partial charge on any atom is 0.321 e. The van der Waals surface area contributed by atoms with Gasteiger partial charge in [-0.2, -0.15) is 0 Å². The fraction of sp³-hybridized carbons (Fsp3) is 0.588. The van der Waals surface area contributed by atoms with Gasteiger partial charge in [-0.1, -0.05) is 6.07 Å². The Labute approximate surface area is 135 Å². The number of methoxy groups -OCH3 is 1. The second-order valence-corrected chi connectivity index (χ2v) is 6.62. The molecule has 1 saturated carbocycles. The van der Waals surface area contributed by atoms with Crippen molar-refractivity contribution in [2.75, 3.05) is 20.2 Å². The summed E-state index contributed by atoms with van der Waals surface area (Å²) in [7, 11) is 1.31. The monoisotopic (exact) mass is 318 g/mol. The molecule has 2 aliphatic rings. The largest absolute Gasteiger partial charge is 0.468 e. The van der Waals surface area contributed by atoms with Crippen LogP contribution in [0.25, 0.3) is 0 Å². The summed E-state index contributed by atoms with van der Waals surface area (Å²) < 4.78 is 4.77. The predicted molar refractivity (Wildman–Crippen MR) is 82.4 cm³/mol. The van der Waals surface area contributed by atoms with Crippen molar-refractivity contribution in [2.24, 2.45) is 5.41 Å². The molecule has 1 aliphatic carbocycles. The zero-order chi connectivity index (χ0) is 16.7. The average Bonchev–Trinajstić information content (AvgIpc) is 3.36. The Morgan fingerprint density at radius 1 is 1.22 bits per heavy atom. The number of carbonyl (C=O) groups excluding carboxylic acids is 2. The SMILES string of the molecule is COC(=O)C1(C(=O)N2CCC(O)(c3ccc(C)cn3)CC2)CC1. The number of aromatic nitrogens is 1. The minimum absolute atomic E-state index is 0.164. The van der Waals surface area contributed by atoms with Crippen LogP contribution in [0.2, 0.25) is 0 Å². The smallest absolute Gasteiger partial charge is 0.321 e. The van der Waals surface area contributed by atoms with E-state index in [2.05, 4.69) is 4.98 Å². The molecule has 0 unspecified atom stereocenters. The number of rotatable bonds is 3. The van der Waals surface area contributed by atoms with Crippen molar-refractivity contribution in [1.29, 1.82) is 0 Å². The third-order valence-electron chi connectivity index (χ3n) is 5.00. The summed E-state index contributed by atoms with van der Waals surface area (Å²) in [6, 6.07) is 3.76. The summed E-state index contributed by atoms with van der Waals surface area (Å²) >= 11 is 0. The van der Waals surface area contributed by atoms with E-state index in [-0.39, 0.29) is 5.91 Å². The van der Waals surface area contributed by atoms with Crippen LogP contribution in [0.1, 0.15) is 36.9 Å².